The van der Waals surface area contributed by atoms with Gasteiger partial charge in [0, 0.05) is 68.5 Å². The number of anilines is 1. The molecule has 0 unspecified atom stereocenters. The monoisotopic (exact) mass is 459 g/mol. The van der Waals surface area contributed by atoms with Crippen LogP contribution >= 0.6 is 0 Å². The lowest BCUT2D eigenvalue weighted by Gasteiger charge is -2.34. The van der Waals surface area contributed by atoms with Crippen LogP contribution in [-0.2, 0) is 22.6 Å². The molecule has 0 aliphatic carbocycles. The number of fused-ring (bicyclic) bond motifs is 1. The fourth-order valence-electron chi connectivity index (χ4n) is 4.76. The van der Waals surface area contributed by atoms with Crippen molar-refractivity contribution in [2.24, 2.45) is 0 Å². The molecule has 2 aliphatic rings. The molecule has 2 saturated heterocycles. The van der Waals surface area contributed by atoms with Crippen molar-refractivity contribution in [3.63, 3.8) is 0 Å². The highest BCUT2D eigenvalue weighted by molar-refractivity contribution is 5.95. The fourth-order valence-corrected chi connectivity index (χ4v) is 4.76. The van der Waals surface area contributed by atoms with Crippen LogP contribution in [0.5, 0.6) is 0 Å². The number of rotatable bonds is 5. The SMILES string of the molecule is O=C(Cc1c[nH]c2ccccc12)N1CCN(C(=O)NCc2cccc(N3CCCC3=O)c2)CC1. The van der Waals surface area contributed by atoms with E-state index in [-0.39, 0.29) is 17.8 Å². The van der Waals surface area contributed by atoms with Crippen molar-refractivity contribution >= 4 is 34.4 Å². The number of nitrogens with zero attached hydrogens (tertiary/aromatic N) is 3. The lowest BCUT2D eigenvalue weighted by Crippen LogP contribution is -2.53. The lowest BCUT2D eigenvalue weighted by atomic mass is 10.1. The van der Waals surface area contributed by atoms with Crippen molar-refractivity contribution in [3.8, 4) is 0 Å². The molecule has 5 rings (SSSR count). The lowest BCUT2D eigenvalue weighted by molar-refractivity contribution is -0.131. The second kappa shape index (κ2) is 9.59. The van der Waals surface area contributed by atoms with Crippen LogP contribution in [0, 0.1) is 0 Å². The van der Waals surface area contributed by atoms with Crippen molar-refractivity contribution in [2.75, 3.05) is 37.6 Å². The van der Waals surface area contributed by atoms with Gasteiger partial charge in [0.1, 0.15) is 0 Å². The molecule has 0 spiro atoms. The number of hydrogen-bond acceptors (Lipinski definition) is 3. The number of nitrogens with one attached hydrogen (secondary N) is 2. The summed E-state index contributed by atoms with van der Waals surface area (Å²) >= 11 is 0. The van der Waals surface area contributed by atoms with Gasteiger partial charge in [0.05, 0.1) is 6.42 Å². The Labute approximate surface area is 198 Å². The van der Waals surface area contributed by atoms with Gasteiger partial charge in [0.15, 0.2) is 0 Å². The molecule has 0 atom stereocenters. The van der Waals surface area contributed by atoms with Crippen molar-refractivity contribution in [1.29, 1.82) is 0 Å². The van der Waals surface area contributed by atoms with Crippen molar-refractivity contribution in [1.82, 2.24) is 20.1 Å². The first-order chi connectivity index (χ1) is 16.6. The number of benzene rings is 2. The molecule has 1 aromatic heterocycles. The summed E-state index contributed by atoms with van der Waals surface area (Å²) in [6, 6.07) is 15.6. The molecule has 2 aliphatic heterocycles. The largest absolute Gasteiger partial charge is 0.361 e. The van der Waals surface area contributed by atoms with Crippen LogP contribution in [0.4, 0.5) is 10.5 Å². The second-order valence-electron chi connectivity index (χ2n) is 8.88. The molecular weight excluding hydrogens is 430 g/mol. The second-order valence-corrected chi connectivity index (χ2v) is 8.88. The van der Waals surface area contributed by atoms with Gasteiger partial charge >= 0.3 is 6.03 Å². The molecule has 34 heavy (non-hydrogen) atoms. The zero-order valence-corrected chi connectivity index (χ0v) is 19.1. The van der Waals surface area contributed by atoms with Crippen LogP contribution in [0.2, 0.25) is 0 Å². The average molecular weight is 460 g/mol. The van der Waals surface area contributed by atoms with Crippen molar-refractivity contribution in [2.45, 2.75) is 25.8 Å². The van der Waals surface area contributed by atoms with Gasteiger partial charge in [-0.2, -0.15) is 0 Å². The summed E-state index contributed by atoms with van der Waals surface area (Å²) < 4.78 is 0. The molecule has 3 aromatic rings. The molecule has 0 bridgehead atoms. The quantitative estimate of drug-likeness (QED) is 0.615. The van der Waals surface area contributed by atoms with E-state index < -0.39 is 0 Å². The molecule has 3 heterocycles. The van der Waals surface area contributed by atoms with Gasteiger partial charge in [0.25, 0.3) is 0 Å². The molecule has 8 nitrogen and oxygen atoms in total. The number of H-pyrrole nitrogens is 1. The van der Waals surface area contributed by atoms with Crippen LogP contribution in [0.15, 0.2) is 54.7 Å². The first-order valence-electron chi connectivity index (χ1n) is 11.8. The number of urea groups is 1. The maximum atomic E-state index is 12.8. The molecule has 2 N–H and O–H groups in total. The zero-order valence-electron chi connectivity index (χ0n) is 19.1. The predicted octanol–water partition coefficient (Wildman–Crippen LogP) is 2.89. The van der Waals surface area contributed by atoms with Gasteiger partial charge < -0.3 is 25.0 Å². The number of hydrogen-bond donors (Lipinski definition) is 2. The summed E-state index contributed by atoms with van der Waals surface area (Å²) in [5.41, 5.74) is 3.87. The summed E-state index contributed by atoms with van der Waals surface area (Å²) in [6.07, 6.45) is 3.74. The van der Waals surface area contributed by atoms with E-state index in [1.807, 2.05) is 59.6 Å². The van der Waals surface area contributed by atoms with Crippen LogP contribution in [0.25, 0.3) is 10.9 Å². The number of aromatic nitrogens is 1. The molecule has 8 heteroatoms. The van der Waals surface area contributed by atoms with Crippen molar-refractivity contribution in [3.05, 3.63) is 65.9 Å². The van der Waals surface area contributed by atoms with Gasteiger partial charge in [-0.25, -0.2) is 4.79 Å². The Morgan fingerprint density at radius 1 is 0.941 bits per heavy atom. The Kier molecular flexibility index (Phi) is 6.20. The van der Waals surface area contributed by atoms with Gasteiger partial charge in [-0.05, 0) is 35.7 Å². The van der Waals surface area contributed by atoms with Gasteiger partial charge in [-0.1, -0.05) is 30.3 Å². The van der Waals surface area contributed by atoms with Gasteiger partial charge in [-0.15, -0.1) is 0 Å². The Morgan fingerprint density at radius 3 is 2.53 bits per heavy atom. The third kappa shape index (κ3) is 4.62. The number of aromatic amines is 1. The zero-order chi connectivity index (χ0) is 23.5. The van der Waals surface area contributed by atoms with E-state index in [0.29, 0.717) is 45.6 Å². The molecule has 2 fully saturated rings. The van der Waals surface area contributed by atoms with E-state index in [9.17, 15) is 14.4 Å². The first kappa shape index (κ1) is 22.0. The number of carbonyl (C=O) groups is 3. The predicted molar refractivity (Wildman–Crippen MR) is 130 cm³/mol. The number of amides is 4. The highest BCUT2D eigenvalue weighted by atomic mass is 16.2. The molecule has 0 saturated carbocycles. The minimum atomic E-state index is -0.133. The van der Waals surface area contributed by atoms with E-state index in [1.54, 1.807) is 9.80 Å². The van der Waals surface area contributed by atoms with Crippen LogP contribution in [0.1, 0.15) is 24.0 Å². The van der Waals surface area contributed by atoms with Crippen LogP contribution in [-0.4, -0.2) is 65.4 Å². The summed E-state index contributed by atoms with van der Waals surface area (Å²) in [7, 11) is 0. The fraction of sp³-hybridized carbons (Fsp3) is 0.346. The van der Waals surface area contributed by atoms with E-state index in [2.05, 4.69) is 10.3 Å². The summed E-state index contributed by atoms with van der Waals surface area (Å²) in [4.78, 5) is 46.1. The Morgan fingerprint density at radius 2 is 1.74 bits per heavy atom. The number of para-hydroxylation sites is 1. The maximum Gasteiger partial charge on any atom is 0.317 e. The third-order valence-corrected chi connectivity index (χ3v) is 6.68. The highest BCUT2D eigenvalue weighted by Crippen LogP contribution is 2.22. The van der Waals surface area contributed by atoms with Crippen LogP contribution in [0.3, 0.4) is 0 Å². The Bertz CT molecular complexity index is 1210. The minimum Gasteiger partial charge on any atom is -0.361 e. The molecule has 2 aromatic carbocycles. The molecule has 0 radical (unpaired) electrons. The van der Waals surface area contributed by atoms with E-state index in [1.165, 1.54) is 0 Å². The smallest absolute Gasteiger partial charge is 0.317 e. The normalized spacial score (nSPS) is 16.4. The van der Waals surface area contributed by atoms with Crippen molar-refractivity contribution < 1.29 is 14.4 Å². The topological polar surface area (TPSA) is 88.8 Å². The highest BCUT2D eigenvalue weighted by Gasteiger charge is 2.25. The first-order valence-corrected chi connectivity index (χ1v) is 11.8. The van der Waals surface area contributed by atoms with Crippen LogP contribution < -0.4 is 10.2 Å². The molecule has 4 amide bonds. The standard InChI is InChI=1S/C26H29N5O3/c32-24-9-4-10-31(24)21-6-3-5-19(15-21)17-28-26(34)30-13-11-29(12-14-30)25(33)16-20-18-27-23-8-2-1-7-22(20)23/h1-3,5-8,15,18,27H,4,9-14,16-17H2,(H,28,34). The average Bonchev–Trinajstić information content (AvgIpc) is 3.49. The molecule has 176 valence electrons. The van der Waals surface area contributed by atoms with Gasteiger partial charge in [-0.3, -0.25) is 9.59 Å². The minimum absolute atomic E-state index is 0.0816. The van der Waals surface area contributed by atoms with E-state index in [0.717, 1.165) is 40.7 Å². The summed E-state index contributed by atoms with van der Waals surface area (Å²) in [5.74, 6) is 0.233. The maximum absolute atomic E-state index is 12.8. The van der Waals surface area contributed by atoms with E-state index in [4.69, 9.17) is 0 Å². The number of carbonyl (C=O) groups excluding carboxylic acids is 3. The van der Waals surface area contributed by atoms with Gasteiger partial charge in [0.2, 0.25) is 11.8 Å². The Hall–Kier alpha value is -3.81. The Balaban J connectivity index is 1.11. The summed E-state index contributed by atoms with van der Waals surface area (Å²) in [5, 5.41) is 4.05. The molecular formula is C26H29N5O3. The third-order valence-electron chi connectivity index (χ3n) is 6.68. The summed E-state index contributed by atoms with van der Waals surface area (Å²) in [6.45, 7) is 3.22. The van der Waals surface area contributed by atoms with E-state index >= 15 is 0 Å². The number of piperazine rings is 1.